The third kappa shape index (κ3) is 4.42. The van der Waals surface area contributed by atoms with Gasteiger partial charge in [-0.3, -0.25) is 19.3 Å². The summed E-state index contributed by atoms with van der Waals surface area (Å²) in [4.78, 5) is 42.5. The number of carbonyl (C=O) groups excluding carboxylic acids is 3. The van der Waals surface area contributed by atoms with E-state index in [0.29, 0.717) is 16.9 Å². The van der Waals surface area contributed by atoms with Crippen LogP contribution in [0.15, 0.2) is 54.3 Å². The first-order valence-electron chi connectivity index (χ1n) is 10.5. The summed E-state index contributed by atoms with van der Waals surface area (Å²) in [5, 5.41) is 13.0. The van der Waals surface area contributed by atoms with Crippen molar-refractivity contribution in [3.63, 3.8) is 0 Å². The fourth-order valence-electron chi connectivity index (χ4n) is 3.95. The van der Waals surface area contributed by atoms with Gasteiger partial charge in [0.2, 0.25) is 5.91 Å². The molecule has 1 saturated heterocycles. The predicted molar refractivity (Wildman–Crippen MR) is 122 cm³/mol. The van der Waals surface area contributed by atoms with Crippen molar-refractivity contribution >= 4 is 34.7 Å². The summed E-state index contributed by atoms with van der Waals surface area (Å²) in [6.45, 7) is 6.29. The first-order valence-corrected chi connectivity index (χ1v) is 10.5. The van der Waals surface area contributed by atoms with Gasteiger partial charge in [0, 0.05) is 45.3 Å². The molecular weight excluding hydrogens is 408 g/mol. The number of rotatable bonds is 5. The summed E-state index contributed by atoms with van der Waals surface area (Å²) >= 11 is 0. The van der Waals surface area contributed by atoms with E-state index in [0.717, 1.165) is 43.2 Å². The summed E-state index contributed by atoms with van der Waals surface area (Å²) in [7, 11) is 2.12. The number of imide groups is 1. The number of nitrogens with one attached hydrogen (secondary N) is 1. The number of anilines is 2. The highest BCUT2D eigenvalue weighted by Gasteiger charge is 2.40. The van der Waals surface area contributed by atoms with E-state index in [1.165, 1.54) is 6.92 Å². The third-order valence-corrected chi connectivity index (χ3v) is 5.75. The van der Waals surface area contributed by atoms with Crippen LogP contribution < -0.4 is 10.2 Å². The Bertz CT molecular complexity index is 1070. The summed E-state index contributed by atoms with van der Waals surface area (Å²) in [5.74, 6) is -2.12. The van der Waals surface area contributed by atoms with Crippen LogP contribution in [0.4, 0.5) is 11.4 Å². The van der Waals surface area contributed by atoms with Crippen molar-refractivity contribution in [3.8, 4) is 0 Å². The molecule has 2 N–H and O–H groups in total. The van der Waals surface area contributed by atoms with E-state index in [4.69, 9.17) is 0 Å². The van der Waals surface area contributed by atoms with Gasteiger partial charge >= 0.3 is 5.91 Å². The molecule has 0 radical (unpaired) electrons. The van der Waals surface area contributed by atoms with Crippen molar-refractivity contribution in [2.75, 3.05) is 43.4 Å². The van der Waals surface area contributed by atoms with Crippen LogP contribution in [0.25, 0.3) is 5.57 Å². The Morgan fingerprint density at radius 2 is 1.56 bits per heavy atom. The first kappa shape index (κ1) is 21.7. The van der Waals surface area contributed by atoms with Gasteiger partial charge in [0.15, 0.2) is 5.76 Å². The number of aliphatic hydroxyl groups excluding tert-OH is 1. The number of hydrogen-bond acceptors (Lipinski definition) is 6. The van der Waals surface area contributed by atoms with E-state index in [1.54, 1.807) is 36.4 Å². The van der Waals surface area contributed by atoms with Crippen LogP contribution in [0.1, 0.15) is 18.1 Å². The van der Waals surface area contributed by atoms with Crippen LogP contribution in [0.3, 0.4) is 0 Å². The molecule has 0 bridgehead atoms. The zero-order valence-electron chi connectivity index (χ0n) is 18.2. The van der Waals surface area contributed by atoms with E-state index in [-0.39, 0.29) is 11.5 Å². The van der Waals surface area contributed by atoms with Gasteiger partial charge in [-0.25, -0.2) is 4.90 Å². The van der Waals surface area contributed by atoms with Crippen molar-refractivity contribution in [1.82, 2.24) is 9.80 Å². The molecule has 0 saturated carbocycles. The Morgan fingerprint density at radius 1 is 0.938 bits per heavy atom. The second-order valence-corrected chi connectivity index (χ2v) is 8.17. The second-order valence-electron chi connectivity index (χ2n) is 8.17. The number of hydrogen-bond donors (Lipinski definition) is 2. The predicted octanol–water partition coefficient (Wildman–Crippen LogP) is 2.23. The zero-order valence-corrected chi connectivity index (χ0v) is 18.2. The van der Waals surface area contributed by atoms with E-state index in [9.17, 15) is 19.5 Å². The Balaban J connectivity index is 1.49. The van der Waals surface area contributed by atoms with Crippen molar-refractivity contribution < 1.29 is 19.5 Å². The van der Waals surface area contributed by atoms with Gasteiger partial charge in [-0.05, 0) is 42.4 Å². The summed E-state index contributed by atoms with van der Waals surface area (Å²) < 4.78 is 0. The molecule has 2 aliphatic heterocycles. The maximum Gasteiger partial charge on any atom is 0.301 e. The third-order valence-electron chi connectivity index (χ3n) is 5.75. The van der Waals surface area contributed by atoms with E-state index >= 15 is 0 Å². The molecule has 4 rings (SSSR count). The Morgan fingerprint density at radius 3 is 2.16 bits per heavy atom. The highest BCUT2D eigenvalue weighted by molar-refractivity contribution is 6.44. The van der Waals surface area contributed by atoms with Crippen LogP contribution in [0.5, 0.6) is 0 Å². The molecule has 0 spiro atoms. The highest BCUT2D eigenvalue weighted by Crippen LogP contribution is 2.32. The smallest absolute Gasteiger partial charge is 0.301 e. The molecule has 166 valence electrons. The number of benzene rings is 2. The molecule has 2 aromatic carbocycles. The van der Waals surface area contributed by atoms with Crippen molar-refractivity contribution in [3.05, 3.63) is 65.4 Å². The Kier molecular flexibility index (Phi) is 6.07. The number of amides is 3. The van der Waals surface area contributed by atoms with E-state index in [1.807, 2.05) is 12.1 Å². The van der Waals surface area contributed by atoms with Gasteiger partial charge in [-0.1, -0.05) is 24.3 Å². The van der Waals surface area contributed by atoms with E-state index < -0.39 is 17.6 Å². The normalized spacial score (nSPS) is 17.9. The van der Waals surface area contributed by atoms with Crippen LogP contribution in [-0.2, 0) is 20.9 Å². The Labute approximate surface area is 186 Å². The molecule has 0 atom stereocenters. The highest BCUT2D eigenvalue weighted by atomic mass is 16.3. The largest absolute Gasteiger partial charge is 0.502 e. The fourth-order valence-corrected chi connectivity index (χ4v) is 3.95. The molecular formula is C24H26N4O4. The number of aliphatic hydroxyl groups is 1. The van der Waals surface area contributed by atoms with Crippen LogP contribution in [0.2, 0.25) is 0 Å². The molecule has 3 amide bonds. The van der Waals surface area contributed by atoms with Gasteiger partial charge in [0.25, 0.3) is 5.91 Å². The maximum absolute atomic E-state index is 13.0. The van der Waals surface area contributed by atoms with Crippen LogP contribution >= 0.6 is 0 Å². The van der Waals surface area contributed by atoms with Gasteiger partial charge < -0.3 is 15.3 Å². The van der Waals surface area contributed by atoms with Crippen molar-refractivity contribution in [2.45, 2.75) is 13.5 Å². The minimum atomic E-state index is -0.747. The maximum atomic E-state index is 13.0. The molecule has 2 aliphatic rings. The first-order chi connectivity index (χ1) is 15.3. The zero-order chi connectivity index (χ0) is 22.8. The monoisotopic (exact) mass is 434 g/mol. The molecule has 0 unspecified atom stereocenters. The van der Waals surface area contributed by atoms with Gasteiger partial charge in [0.05, 0.1) is 11.3 Å². The summed E-state index contributed by atoms with van der Waals surface area (Å²) in [6.07, 6.45) is 0. The van der Waals surface area contributed by atoms with E-state index in [2.05, 4.69) is 22.2 Å². The number of piperazine rings is 1. The molecule has 8 heteroatoms. The van der Waals surface area contributed by atoms with Crippen LogP contribution in [-0.4, -0.2) is 65.9 Å². The fraction of sp³-hybridized carbons (Fsp3) is 0.292. The molecule has 32 heavy (non-hydrogen) atoms. The number of nitrogens with zero attached hydrogens (tertiary/aromatic N) is 3. The average molecular weight is 434 g/mol. The second kappa shape index (κ2) is 8.94. The number of carbonyl (C=O) groups is 3. The minimum absolute atomic E-state index is 0.0501. The SMILES string of the molecule is CC(=O)Nc1ccc(C2=C(O)C(=O)N(c3ccc(CN4CCN(C)CC4)cc3)C2=O)cc1. The average Bonchev–Trinajstić information content (AvgIpc) is 2.99. The van der Waals surface area contributed by atoms with Gasteiger partial charge in [0.1, 0.15) is 0 Å². The minimum Gasteiger partial charge on any atom is -0.502 e. The molecule has 8 nitrogen and oxygen atoms in total. The molecule has 1 fully saturated rings. The van der Waals surface area contributed by atoms with Crippen molar-refractivity contribution in [2.24, 2.45) is 0 Å². The topological polar surface area (TPSA) is 93.2 Å². The van der Waals surface area contributed by atoms with Gasteiger partial charge in [-0.2, -0.15) is 0 Å². The molecule has 2 aromatic rings. The lowest BCUT2D eigenvalue weighted by Gasteiger charge is -2.32. The Hall–Kier alpha value is -3.49. The lowest BCUT2D eigenvalue weighted by Crippen LogP contribution is -2.43. The van der Waals surface area contributed by atoms with Gasteiger partial charge in [-0.15, -0.1) is 0 Å². The summed E-state index contributed by atoms with van der Waals surface area (Å²) in [6, 6.07) is 13.7. The quantitative estimate of drug-likeness (QED) is 0.701. The standard InChI is InChI=1S/C24H26N4O4/c1-16(29)25-19-7-5-18(6-8-19)21-22(30)24(32)28(23(21)31)20-9-3-17(4-10-20)15-27-13-11-26(2)12-14-27/h3-10,30H,11-15H2,1-2H3,(H,25,29). The lowest BCUT2D eigenvalue weighted by atomic mass is 10.0. The molecule has 0 aliphatic carbocycles. The molecule has 0 aromatic heterocycles. The van der Waals surface area contributed by atoms with Crippen LogP contribution in [0, 0.1) is 0 Å². The summed E-state index contributed by atoms with van der Waals surface area (Å²) in [5.41, 5.74) is 2.43. The lowest BCUT2D eigenvalue weighted by molar-refractivity contribution is -0.121. The number of likely N-dealkylation sites (N-methyl/N-ethyl adjacent to an activating group) is 1. The van der Waals surface area contributed by atoms with Crippen molar-refractivity contribution in [1.29, 1.82) is 0 Å². The molecule has 2 heterocycles.